The lowest BCUT2D eigenvalue weighted by atomic mass is 9.88. The molecule has 1 nitrogen and oxygen atoms in total. The molecule has 1 spiro atoms. The highest BCUT2D eigenvalue weighted by Gasteiger charge is 2.35. The van der Waals surface area contributed by atoms with Gasteiger partial charge in [0.25, 0.3) is 0 Å². The van der Waals surface area contributed by atoms with Gasteiger partial charge in [0.1, 0.15) is 0 Å². The minimum Gasteiger partial charge on any atom is -0.384 e. The zero-order valence-corrected chi connectivity index (χ0v) is 9.78. The number of rotatable bonds is 0. The minimum absolute atomic E-state index is 0.587. The molecule has 1 aromatic rings. The zero-order valence-electron chi connectivity index (χ0n) is 8.96. The smallest absolute Gasteiger partial charge is 0.0478 e. The fourth-order valence-corrected chi connectivity index (χ4v) is 4.07. The molecule has 15 heavy (non-hydrogen) atoms. The maximum Gasteiger partial charge on any atom is 0.0478 e. The van der Waals surface area contributed by atoms with Crippen molar-refractivity contribution in [2.75, 3.05) is 17.6 Å². The summed E-state index contributed by atoms with van der Waals surface area (Å²) in [5, 5.41) is 3.64. The van der Waals surface area contributed by atoms with E-state index in [0.717, 1.165) is 0 Å². The predicted octanol–water partition coefficient (Wildman–Crippen LogP) is 3.76. The van der Waals surface area contributed by atoms with Gasteiger partial charge in [-0.05, 0) is 30.4 Å². The third-order valence-corrected chi connectivity index (χ3v) is 5.16. The van der Waals surface area contributed by atoms with Gasteiger partial charge in [-0.25, -0.2) is 0 Å². The molecule has 1 saturated carbocycles. The first-order chi connectivity index (χ1) is 7.38. The molecule has 1 heterocycles. The van der Waals surface area contributed by atoms with Crippen LogP contribution in [0.5, 0.6) is 0 Å². The van der Waals surface area contributed by atoms with Gasteiger partial charge in [0.15, 0.2) is 0 Å². The van der Waals surface area contributed by atoms with E-state index < -0.39 is 0 Å². The van der Waals surface area contributed by atoms with Gasteiger partial charge >= 0.3 is 0 Å². The second kappa shape index (κ2) is 3.75. The van der Waals surface area contributed by atoms with Crippen LogP contribution in [0.3, 0.4) is 0 Å². The SMILES string of the molecule is c1ccc2c(c1)NCC1(CCCC1)CS2. The first kappa shape index (κ1) is 9.59. The molecule has 1 aromatic carbocycles. The van der Waals surface area contributed by atoms with Gasteiger partial charge in [-0.15, -0.1) is 11.8 Å². The number of hydrogen-bond donors (Lipinski definition) is 1. The quantitative estimate of drug-likeness (QED) is 0.713. The van der Waals surface area contributed by atoms with Crippen LogP contribution in [-0.2, 0) is 0 Å². The van der Waals surface area contributed by atoms with Gasteiger partial charge in [-0.3, -0.25) is 0 Å². The largest absolute Gasteiger partial charge is 0.384 e. The van der Waals surface area contributed by atoms with Crippen LogP contribution in [0.2, 0.25) is 0 Å². The molecule has 0 bridgehead atoms. The molecule has 0 radical (unpaired) electrons. The van der Waals surface area contributed by atoms with Crippen molar-refractivity contribution in [1.29, 1.82) is 0 Å². The fourth-order valence-electron chi connectivity index (χ4n) is 2.75. The maximum absolute atomic E-state index is 3.64. The lowest BCUT2D eigenvalue weighted by Crippen LogP contribution is -2.27. The van der Waals surface area contributed by atoms with Crippen LogP contribution in [0, 0.1) is 5.41 Å². The van der Waals surface area contributed by atoms with E-state index in [4.69, 9.17) is 0 Å². The lowest BCUT2D eigenvalue weighted by Gasteiger charge is -2.26. The van der Waals surface area contributed by atoms with Crippen molar-refractivity contribution < 1.29 is 0 Å². The third-order valence-electron chi connectivity index (χ3n) is 3.74. The van der Waals surface area contributed by atoms with E-state index in [9.17, 15) is 0 Å². The Hall–Kier alpha value is -0.630. The molecule has 0 amide bonds. The van der Waals surface area contributed by atoms with E-state index in [-0.39, 0.29) is 0 Å². The Bertz CT molecular complexity index is 326. The van der Waals surface area contributed by atoms with Crippen LogP contribution in [0.4, 0.5) is 5.69 Å². The second-order valence-electron chi connectivity index (χ2n) is 4.85. The van der Waals surface area contributed by atoms with Gasteiger partial charge < -0.3 is 5.32 Å². The number of benzene rings is 1. The highest BCUT2D eigenvalue weighted by molar-refractivity contribution is 7.99. The second-order valence-corrected chi connectivity index (χ2v) is 5.86. The highest BCUT2D eigenvalue weighted by Crippen LogP contribution is 2.45. The van der Waals surface area contributed by atoms with Gasteiger partial charge in [0.05, 0.1) is 0 Å². The highest BCUT2D eigenvalue weighted by atomic mass is 32.2. The molecule has 0 unspecified atom stereocenters. The van der Waals surface area contributed by atoms with E-state index in [0.29, 0.717) is 5.41 Å². The van der Waals surface area contributed by atoms with Crippen LogP contribution in [0.25, 0.3) is 0 Å². The van der Waals surface area contributed by atoms with Gasteiger partial charge in [-0.1, -0.05) is 25.0 Å². The van der Waals surface area contributed by atoms with Crippen molar-refractivity contribution in [1.82, 2.24) is 0 Å². The molecule has 2 aliphatic rings. The van der Waals surface area contributed by atoms with Crippen molar-refractivity contribution in [3.63, 3.8) is 0 Å². The van der Waals surface area contributed by atoms with Crippen molar-refractivity contribution in [3.05, 3.63) is 24.3 Å². The number of anilines is 1. The van der Waals surface area contributed by atoms with E-state index in [1.165, 1.54) is 48.6 Å². The van der Waals surface area contributed by atoms with Crippen LogP contribution < -0.4 is 5.32 Å². The average Bonchev–Trinajstić information content (AvgIpc) is 2.65. The molecule has 1 N–H and O–H groups in total. The molecule has 0 aromatic heterocycles. The summed E-state index contributed by atoms with van der Waals surface area (Å²) in [7, 11) is 0. The molecule has 2 heteroatoms. The Morgan fingerprint density at radius 1 is 1.13 bits per heavy atom. The summed E-state index contributed by atoms with van der Waals surface area (Å²) in [6.07, 6.45) is 5.69. The standard InChI is InChI=1S/C13H17NS/c1-2-6-12-11(5-1)14-9-13(10-15-12)7-3-4-8-13/h1-2,5-6,14H,3-4,7-10H2. The molecule has 3 rings (SSSR count). The zero-order chi connectivity index (χ0) is 10.1. The number of nitrogens with one attached hydrogen (secondary N) is 1. The minimum atomic E-state index is 0.587. The van der Waals surface area contributed by atoms with Gasteiger partial charge in [0, 0.05) is 22.9 Å². The summed E-state index contributed by atoms with van der Waals surface area (Å²) in [6, 6.07) is 8.70. The van der Waals surface area contributed by atoms with Crippen molar-refractivity contribution in [3.8, 4) is 0 Å². The number of fused-ring (bicyclic) bond motifs is 1. The van der Waals surface area contributed by atoms with Crippen LogP contribution in [0.1, 0.15) is 25.7 Å². The van der Waals surface area contributed by atoms with Crippen LogP contribution in [0.15, 0.2) is 29.2 Å². The summed E-state index contributed by atoms with van der Waals surface area (Å²) in [4.78, 5) is 1.43. The summed E-state index contributed by atoms with van der Waals surface area (Å²) >= 11 is 2.04. The molecule has 1 aliphatic heterocycles. The first-order valence-corrected chi connectivity index (χ1v) is 6.82. The Balaban J connectivity index is 1.85. The molecule has 1 fully saturated rings. The number of thioether (sulfide) groups is 1. The lowest BCUT2D eigenvalue weighted by molar-refractivity contribution is 0.373. The van der Waals surface area contributed by atoms with Gasteiger partial charge in [0.2, 0.25) is 0 Å². The molecular formula is C13H17NS. The Kier molecular flexibility index (Phi) is 2.39. The van der Waals surface area contributed by atoms with Crippen LogP contribution >= 0.6 is 11.8 Å². The summed E-state index contributed by atoms with van der Waals surface area (Å²) < 4.78 is 0. The Morgan fingerprint density at radius 2 is 1.93 bits per heavy atom. The molecule has 80 valence electrons. The van der Waals surface area contributed by atoms with Crippen LogP contribution in [-0.4, -0.2) is 12.3 Å². The van der Waals surface area contributed by atoms with E-state index in [2.05, 4.69) is 29.6 Å². The maximum atomic E-state index is 3.64. The van der Waals surface area contributed by atoms with Crippen molar-refractivity contribution >= 4 is 17.4 Å². The summed E-state index contributed by atoms with van der Waals surface area (Å²) in [5.74, 6) is 1.30. The Morgan fingerprint density at radius 3 is 2.80 bits per heavy atom. The molecule has 0 saturated heterocycles. The molecule has 0 atom stereocenters. The number of hydrogen-bond acceptors (Lipinski definition) is 2. The first-order valence-electron chi connectivity index (χ1n) is 5.84. The number of para-hydroxylation sites is 1. The summed E-state index contributed by atoms with van der Waals surface area (Å²) in [5.41, 5.74) is 1.93. The van der Waals surface area contributed by atoms with E-state index >= 15 is 0 Å². The average molecular weight is 219 g/mol. The summed E-state index contributed by atoms with van der Waals surface area (Å²) in [6.45, 7) is 1.18. The molecular weight excluding hydrogens is 202 g/mol. The topological polar surface area (TPSA) is 12.0 Å². The fraction of sp³-hybridized carbons (Fsp3) is 0.538. The third kappa shape index (κ3) is 1.76. The Labute approximate surface area is 95.6 Å². The normalized spacial score (nSPS) is 23.2. The monoisotopic (exact) mass is 219 g/mol. The van der Waals surface area contributed by atoms with E-state index in [1.807, 2.05) is 11.8 Å². The molecule has 1 aliphatic carbocycles. The van der Waals surface area contributed by atoms with Gasteiger partial charge in [-0.2, -0.15) is 0 Å². The van der Waals surface area contributed by atoms with Crippen molar-refractivity contribution in [2.45, 2.75) is 30.6 Å². The van der Waals surface area contributed by atoms with Crippen molar-refractivity contribution in [2.24, 2.45) is 5.41 Å². The predicted molar refractivity (Wildman–Crippen MR) is 66.6 cm³/mol. The van der Waals surface area contributed by atoms with E-state index in [1.54, 1.807) is 0 Å².